The Morgan fingerprint density at radius 1 is 1.24 bits per heavy atom. The number of imide groups is 1. The normalized spacial score (nSPS) is 23.2. The number of hydrogen-bond donors (Lipinski definition) is 3. The van der Waals surface area contributed by atoms with Crippen molar-refractivity contribution in [3.63, 3.8) is 0 Å². The van der Waals surface area contributed by atoms with Crippen LogP contribution in [0.25, 0.3) is 10.9 Å². The van der Waals surface area contributed by atoms with E-state index in [1.165, 1.54) is 23.8 Å². The molecule has 3 N–H and O–H groups in total. The molecule has 2 atom stereocenters. The number of nitrogens with one attached hydrogen (secondary N) is 2. The summed E-state index contributed by atoms with van der Waals surface area (Å²) in [6.45, 7) is 3.92. The first-order valence-electron chi connectivity index (χ1n) is 12.9. The third-order valence-corrected chi connectivity index (χ3v) is 8.31. The summed E-state index contributed by atoms with van der Waals surface area (Å²) >= 11 is 6.14. The number of aromatic hydroxyl groups is 1. The lowest BCUT2D eigenvalue weighted by molar-refractivity contribution is -0.133. The van der Waals surface area contributed by atoms with Crippen LogP contribution in [0.1, 0.15) is 49.0 Å². The predicted molar refractivity (Wildman–Crippen MR) is 139 cm³/mol. The van der Waals surface area contributed by atoms with E-state index in [0.717, 1.165) is 41.2 Å². The molecule has 3 amide bonds. The van der Waals surface area contributed by atoms with Crippen LogP contribution in [0.3, 0.4) is 0 Å². The third kappa shape index (κ3) is 4.16. The Morgan fingerprint density at radius 3 is 2.81 bits per heavy atom. The molecule has 3 aliphatic rings. The molecular weight excluding hydrogens is 495 g/mol. The van der Waals surface area contributed by atoms with Gasteiger partial charge in [-0.05, 0) is 87.0 Å². The van der Waals surface area contributed by atoms with Crippen LogP contribution in [0.2, 0.25) is 5.02 Å². The number of rotatable bonds is 8. The molecule has 7 nitrogen and oxygen atoms in total. The van der Waals surface area contributed by atoms with Gasteiger partial charge < -0.3 is 20.3 Å². The van der Waals surface area contributed by atoms with Crippen molar-refractivity contribution in [3.8, 4) is 5.75 Å². The highest BCUT2D eigenvalue weighted by atomic mass is 35.5. The standard InChI is InChI=1S/C28H30ClFN4O3/c1-28-14-20-19-12-21(29)22(30)13-23(19)32-25(20)24(11-17-4-2-5-18(35)10-17)34(28)27(37)33(26(28)36)9-3-8-31-15-16-6-7-16/h2,4-5,10,12-13,16,24,31-32,35H,3,6-9,11,14-15H2,1H3/t24?,28-/m0/s1. The van der Waals surface area contributed by atoms with E-state index in [-0.39, 0.29) is 22.7 Å². The molecule has 37 heavy (non-hydrogen) atoms. The van der Waals surface area contributed by atoms with Crippen molar-refractivity contribution in [2.45, 2.75) is 50.6 Å². The number of carbonyl (C=O) groups is 2. The average Bonchev–Trinajstić information content (AvgIpc) is 3.59. The fourth-order valence-electron chi connectivity index (χ4n) is 5.96. The van der Waals surface area contributed by atoms with E-state index in [9.17, 15) is 19.1 Å². The molecule has 3 heterocycles. The number of phenolic OH excluding ortho intramolecular Hbond substituents is 1. The lowest BCUT2D eigenvalue weighted by Crippen LogP contribution is -2.53. The molecule has 9 heteroatoms. The van der Waals surface area contributed by atoms with E-state index < -0.39 is 17.4 Å². The van der Waals surface area contributed by atoms with Gasteiger partial charge in [-0.1, -0.05) is 23.7 Å². The fraction of sp³-hybridized carbons (Fsp3) is 0.429. The Morgan fingerprint density at radius 2 is 2.05 bits per heavy atom. The summed E-state index contributed by atoms with van der Waals surface area (Å²) in [5.74, 6) is 0.157. The number of hydrogen-bond acceptors (Lipinski definition) is 4. The van der Waals surface area contributed by atoms with Gasteiger partial charge >= 0.3 is 6.03 Å². The second-order valence-corrected chi connectivity index (χ2v) is 11.2. The van der Waals surface area contributed by atoms with Gasteiger partial charge in [-0.2, -0.15) is 0 Å². The topological polar surface area (TPSA) is 88.7 Å². The predicted octanol–water partition coefficient (Wildman–Crippen LogP) is 4.92. The molecule has 194 valence electrons. The molecule has 6 rings (SSSR count). The Balaban J connectivity index is 1.36. The van der Waals surface area contributed by atoms with E-state index in [2.05, 4.69) is 10.3 Å². The first-order chi connectivity index (χ1) is 17.8. The smallest absolute Gasteiger partial charge is 0.328 e. The van der Waals surface area contributed by atoms with Crippen LogP contribution in [0.5, 0.6) is 5.75 Å². The minimum Gasteiger partial charge on any atom is -0.508 e. The summed E-state index contributed by atoms with van der Waals surface area (Å²) in [6.07, 6.45) is 3.93. The number of benzene rings is 2. The number of halogens is 2. The van der Waals surface area contributed by atoms with Crippen LogP contribution in [-0.2, 0) is 17.6 Å². The lowest BCUT2D eigenvalue weighted by atomic mass is 9.81. The second kappa shape index (κ2) is 9.03. The number of nitrogens with zero attached hydrogens (tertiary/aromatic N) is 2. The molecule has 1 saturated carbocycles. The molecule has 1 aliphatic carbocycles. The first kappa shape index (κ1) is 24.2. The summed E-state index contributed by atoms with van der Waals surface area (Å²) < 4.78 is 14.3. The molecule has 0 bridgehead atoms. The Bertz CT molecular complexity index is 1400. The summed E-state index contributed by atoms with van der Waals surface area (Å²) in [6, 6.07) is 9.04. The highest BCUT2D eigenvalue weighted by molar-refractivity contribution is 6.31. The van der Waals surface area contributed by atoms with Crippen LogP contribution < -0.4 is 5.32 Å². The fourth-order valence-corrected chi connectivity index (χ4v) is 6.12. The third-order valence-electron chi connectivity index (χ3n) is 8.03. The molecule has 2 aliphatic heterocycles. The van der Waals surface area contributed by atoms with Crippen LogP contribution in [0, 0.1) is 11.7 Å². The highest BCUT2D eigenvalue weighted by Gasteiger charge is 2.59. The summed E-state index contributed by atoms with van der Waals surface area (Å²) in [7, 11) is 0. The van der Waals surface area contributed by atoms with Gasteiger partial charge in [-0.15, -0.1) is 0 Å². The van der Waals surface area contributed by atoms with E-state index in [1.54, 1.807) is 29.2 Å². The number of fused-ring (bicyclic) bond motifs is 4. The van der Waals surface area contributed by atoms with Gasteiger partial charge in [0.1, 0.15) is 17.1 Å². The van der Waals surface area contributed by atoms with Crippen molar-refractivity contribution in [2.75, 3.05) is 19.6 Å². The Hall–Kier alpha value is -3.10. The molecule has 0 spiro atoms. The van der Waals surface area contributed by atoms with Crippen molar-refractivity contribution in [1.82, 2.24) is 20.1 Å². The maximum Gasteiger partial charge on any atom is 0.328 e. The van der Waals surface area contributed by atoms with Crippen LogP contribution in [0.15, 0.2) is 36.4 Å². The number of phenols is 1. The monoisotopic (exact) mass is 524 g/mol. The number of aromatic amines is 1. The molecule has 0 radical (unpaired) electrons. The summed E-state index contributed by atoms with van der Waals surface area (Å²) in [5.41, 5.74) is 1.96. The van der Waals surface area contributed by atoms with E-state index in [1.807, 2.05) is 13.0 Å². The van der Waals surface area contributed by atoms with E-state index in [4.69, 9.17) is 11.6 Å². The van der Waals surface area contributed by atoms with Crippen LogP contribution >= 0.6 is 11.6 Å². The van der Waals surface area contributed by atoms with Gasteiger partial charge in [0.2, 0.25) is 0 Å². The molecule has 2 fully saturated rings. The first-order valence-corrected chi connectivity index (χ1v) is 13.3. The maximum absolute atomic E-state index is 14.3. The van der Waals surface area contributed by atoms with Gasteiger partial charge in [0.05, 0.1) is 11.1 Å². The van der Waals surface area contributed by atoms with Gasteiger partial charge in [-0.25, -0.2) is 9.18 Å². The van der Waals surface area contributed by atoms with Gasteiger partial charge in [0.15, 0.2) is 0 Å². The summed E-state index contributed by atoms with van der Waals surface area (Å²) in [4.78, 5) is 34.0. The molecule has 3 aromatic rings. The number of aromatic nitrogens is 1. The minimum absolute atomic E-state index is 0.0144. The molecular formula is C28H30ClFN4O3. The van der Waals surface area contributed by atoms with Gasteiger partial charge in [0.25, 0.3) is 5.91 Å². The SMILES string of the molecule is C[C@@]12Cc3c([nH]c4cc(F)c(Cl)cc34)C(Cc3cccc(O)c3)N1C(=O)N(CCCNCC1CC1)C2=O. The largest absolute Gasteiger partial charge is 0.508 e. The van der Waals surface area contributed by atoms with Crippen molar-refractivity contribution >= 4 is 34.4 Å². The quantitative estimate of drug-likeness (QED) is 0.288. The van der Waals surface area contributed by atoms with Crippen molar-refractivity contribution in [3.05, 3.63) is 64.1 Å². The Kier molecular flexibility index (Phi) is 5.92. The van der Waals surface area contributed by atoms with Crippen molar-refractivity contribution in [1.29, 1.82) is 0 Å². The average molecular weight is 525 g/mol. The maximum atomic E-state index is 14.3. The second-order valence-electron chi connectivity index (χ2n) is 10.8. The lowest BCUT2D eigenvalue weighted by Gasteiger charge is -2.42. The van der Waals surface area contributed by atoms with Crippen LogP contribution in [0.4, 0.5) is 9.18 Å². The van der Waals surface area contributed by atoms with Crippen LogP contribution in [-0.4, -0.2) is 57.0 Å². The highest BCUT2D eigenvalue weighted by Crippen LogP contribution is 2.48. The Labute approximate surface area is 219 Å². The van der Waals surface area contributed by atoms with Gasteiger partial charge in [-0.3, -0.25) is 9.69 Å². The number of H-pyrrole nitrogens is 1. The number of urea groups is 1. The minimum atomic E-state index is -1.08. The summed E-state index contributed by atoms with van der Waals surface area (Å²) in [5, 5.41) is 14.2. The zero-order chi connectivity index (χ0) is 25.9. The van der Waals surface area contributed by atoms with Crippen molar-refractivity contribution in [2.24, 2.45) is 5.92 Å². The molecule has 1 unspecified atom stereocenters. The zero-order valence-corrected chi connectivity index (χ0v) is 21.4. The molecule has 2 aromatic carbocycles. The molecule has 1 saturated heterocycles. The van der Waals surface area contributed by atoms with E-state index in [0.29, 0.717) is 31.3 Å². The van der Waals surface area contributed by atoms with Crippen molar-refractivity contribution < 1.29 is 19.1 Å². The van der Waals surface area contributed by atoms with E-state index >= 15 is 0 Å². The number of amides is 3. The molecule has 1 aromatic heterocycles. The van der Waals surface area contributed by atoms with Gasteiger partial charge in [0, 0.05) is 29.6 Å². The zero-order valence-electron chi connectivity index (χ0n) is 20.7. The number of carbonyl (C=O) groups excluding carboxylic acids is 2.